The van der Waals surface area contributed by atoms with Gasteiger partial charge in [-0.25, -0.2) is 0 Å². The first-order valence-electron chi connectivity index (χ1n) is 4.57. The Morgan fingerprint density at radius 1 is 1.62 bits per heavy atom. The fourth-order valence-electron chi connectivity index (χ4n) is 1.73. The van der Waals surface area contributed by atoms with Crippen molar-refractivity contribution >= 4 is 17.7 Å². The van der Waals surface area contributed by atoms with Crippen LogP contribution in [0.15, 0.2) is 0 Å². The Balaban J connectivity index is 2.80. The van der Waals surface area contributed by atoms with Crippen molar-refractivity contribution in [3.63, 3.8) is 0 Å². The standard InChI is InChI=1S/C9H18N2OS/c1-9(2,3)11-7(4-10)5-13-6-8(11)12/h7H,4-6,10H2,1-3H3. The maximum absolute atomic E-state index is 11.7. The van der Waals surface area contributed by atoms with Crippen LogP contribution >= 0.6 is 11.8 Å². The number of hydrogen-bond donors (Lipinski definition) is 1. The predicted molar refractivity (Wildman–Crippen MR) is 56.8 cm³/mol. The van der Waals surface area contributed by atoms with E-state index in [1.165, 1.54) is 0 Å². The smallest absolute Gasteiger partial charge is 0.233 e. The zero-order valence-corrected chi connectivity index (χ0v) is 9.36. The number of amides is 1. The van der Waals surface area contributed by atoms with Gasteiger partial charge < -0.3 is 10.6 Å². The minimum absolute atomic E-state index is 0.0951. The van der Waals surface area contributed by atoms with E-state index < -0.39 is 0 Å². The van der Waals surface area contributed by atoms with Crippen LogP contribution in [0, 0.1) is 0 Å². The van der Waals surface area contributed by atoms with E-state index in [9.17, 15) is 4.79 Å². The fourth-order valence-corrected chi connectivity index (χ4v) is 2.71. The average Bonchev–Trinajstić information content (AvgIpc) is 2.01. The summed E-state index contributed by atoms with van der Waals surface area (Å²) in [5.41, 5.74) is 5.55. The van der Waals surface area contributed by atoms with E-state index in [-0.39, 0.29) is 17.5 Å². The highest BCUT2D eigenvalue weighted by molar-refractivity contribution is 8.00. The normalized spacial score (nSPS) is 25.1. The molecule has 1 atom stereocenters. The van der Waals surface area contributed by atoms with Crippen LogP contribution in [-0.4, -0.2) is 40.4 Å². The van der Waals surface area contributed by atoms with E-state index in [0.717, 1.165) is 5.75 Å². The van der Waals surface area contributed by atoms with Gasteiger partial charge in [0.25, 0.3) is 0 Å². The Morgan fingerprint density at radius 3 is 2.62 bits per heavy atom. The lowest BCUT2D eigenvalue weighted by molar-refractivity contribution is -0.135. The van der Waals surface area contributed by atoms with Gasteiger partial charge >= 0.3 is 0 Å². The highest BCUT2D eigenvalue weighted by atomic mass is 32.2. The molecule has 0 spiro atoms. The van der Waals surface area contributed by atoms with Gasteiger partial charge in [0.05, 0.1) is 11.8 Å². The Bertz CT molecular complexity index is 200. The number of carbonyl (C=O) groups is 1. The SMILES string of the molecule is CC(C)(C)N1C(=O)CSCC1CN. The van der Waals surface area contributed by atoms with E-state index in [4.69, 9.17) is 5.73 Å². The van der Waals surface area contributed by atoms with Gasteiger partial charge in [0, 0.05) is 17.8 Å². The van der Waals surface area contributed by atoms with Gasteiger partial charge in [0.2, 0.25) is 5.91 Å². The molecule has 13 heavy (non-hydrogen) atoms. The summed E-state index contributed by atoms with van der Waals surface area (Å²) in [4.78, 5) is 13.6. The molecule has 4 heteroatoms. The molecule has 2 N–H and O–H groups in total. The third kappa shape index (κ3) is 2.38. The van der Waals surface area contributed by atoms with Gasteiger partial charge in [-0.1, -0.05) is 0 Å². The van der Waals surface area contributed by atoms with Crippen molar-refractivity contribution < 1.29 is 4.79 Å². The van der Waals surface area contributed by atoms with E-state index >= 15 is 0 Å². The lowest BCUT2D eigenvalue weighted by Crippen LogP contribution is -2.58. The molecule has 0 aliphatic carbocycles. The Labute approximate surface area is 84.0 Å². The fraction of sp³-hybridized carbons (Fsp3) is 0.889. The molecule has 0 aromatic heterocycles. The molecule has 1 aliphatic rings. The molecule has 1 heterocycles. The number of nitrogens with two attached hydrogens (primary N) is 1. The van der Waals surface area contributed by atoms with Gasteiger partial charge in [-0.2, -0.15) is 0 Å². The molecule has 1 aliphatic heterocycles. The van der Waals surface area contributed by atoms with Crippen LogP contribution in [0.4, 0.5) is 0 Å². The number of carbonyl (C=O) groups excluding carboxylic acids is 1. The topological polar surface area (TPSA) is 46.3 Å². The monoisotopic (exact) mass is 202 g/mol. The summed E-state index contributed by atoms with van der Waals surface area (Å²) < 4.78 is 0. The van der Waals surface area contributed by atoms with Crippen LogP contribution in [0.5, 0.6) is 0 Å². The van der Waals surface area contributed by atoms with Gasteiger partial charge in [-0.15, -0.1) is 11.8 Å². The number of rotatable bonds is 1. The van der Waals surface area contributed by atoms with E-state index in [2.05, 4.69) is 20.8 Å². The maximum atomic E-state index is 11.7. The summed E-state index contributed by atoms with van der Waals surface area (Å²) in [5, 5.41) is 0. The molecular weight excluding hydrogens is 184 g/mol. The van der Waals surface area contributed by atoms with Crippen LogP contribution in [-0.2, 0) is 4.79 Å². The molecule has 0 bridgehead atoms. The molecule has 0 aromatic rings. The zero-order chi connectivity index (χ0) is 10.1. The van der Waals surface area contributed by atoms with Gasteiger partial charge in [0.15, 0.2) is 0 Å². The molecule has 1 amide bonds. The van der Waals surface area contributed by atoms with E-state index in [1.54, 1.807) is 11.8 Å². The van der Waals surface area contributed by atoms with Crippen molar-refractivity contribution in [1.82, 2.24) is 4.90 Å². The molecule has 0 aromatic carbocycles. The molecule has 0 radical (unpaired) electrons. The number of thioether (sulfide) groups is 1. The van der Waals surface area contributed by atoms with E-state index in [0.29, 0.717) is 12.3 Å². The van der Waals surface area contributed by atoms with Gasteiger partial charge in [-0.3, -0.25) is 4.79 Å². The highest BCUT2D eigenvalue weighted by Crippen LogP contribution is 2.24. The summed E-state index contributed by atoms with van der Waals surface area (Å²) in [6.07, 6.45) is 0. The van der Waals surface area contributed by atoms with Crippen LogP contribution in [0.3, 0.4) is 0 Å². The number of hydrogen-bond acceptors (Lipinski definition) is 3. The Hall–Kier alpha value is -0.220. The third-order valence-electron chi connectivity index (χ3n) is 2.16. The molecule has 76 valence electrons. The first-order valence-corrected chi connectivity index (χ1v) is 5.72. The predicted octanol–water partition coefficient (Wildman–Crippen LogP) is 0.688. The quantitative estimate of drug-likeness (QED) is 0.680. The van der Waals surface area contributed by atoms with Crippen molar-refractivity contribution in [2.24, 2.45) is 5.73 Å². The molecule has 1 rings (SSSR count). The van der Waals surface area contributed by atoms with Crippen molar-refractivity contribution in [1.29, 1.82) is 0 Å². The van der Waals surface area contributed by atoms with Crippen LogP contribution in [0.1, 0.15) is 20.8 Å². The van der Waals surface area contributed by atoms with Crippen molar-refractivity contribution in [2.75, 3.05) is 18.1 Å². The second kappa shape index (κ2) is 3.88. The molecule has 3 nitrogen and oxygen atoms in total. The molecular formula is C9H18N2OS. The van der Waals surface area contributed by atoms with Gasteiger partial charge in [-0.05, 0) is 20.8 Å². The van der Waals surface area contributed by atoms with Gasteiger partial charge in [0.1, 0.15) is 0 Å². The highest BCUT2D eigenvalue weighted by Gasteiger charge is 2.35. The lowest BCUT2D eigenvalue weighted by atomic mass is 10.0. The summed E-state index contributed by atoms with van der Waals surface area (Å²) in [6.45, 7) is 6.74. The van der Waals surface area contributed by atoms with Crippen LogP contribution in [0.2, 0.25) is 0 Å². The second-order valence-corrected chi connectivity index (χ2v) is 5.37. The summed E-state index contributed by atoms with van der Waals surface area (Å²) in [6, 6.07) is 0.214. The van der Waals surface area contributed by atoms with Crippen LogP contribution in [0.25, 0.3) is 0 Å². The second-order valence-electron chi connectivity index (χ2n) is 4.34. The Morgan fingerprint density at radius 2 is 2.23 bits per heavy atom. The minimum Gasteiger partial charge on any atom is -0.332 e. The molecule has 1 unspecified atom stereocenters. The van der Waals surface area contributed by atoms with Crippen molar-refractivity contribution in [3.8, 4) is 0 Å². The van der Waals surface area contributed by atoms with E-state index in [1.807, 2.05) is 4.90 Å². The average molecular weight is 202 g/mol. The first kappa shape index (κ1) is 10.9. The molecule has 1 fully saturated rings. The first-order chi connectivity index (χ1) is 5.96. The number of nitrogens with zero attached hydrogens (tertiary/aromatic N) is 1. The summed E-state index contributed by atoms with van der Waals surface area (Å²) in [7, 11) is 0. The molecule has 1 saturated heterocycles. The Kier molecular flexibility index (Phi) is 3.24. The zero-order valence-electron chi connectivity index (χ0n) is 8.54. The maximum Gasteiger partial charge on any atom is 0.233 e. The largest absolute Gasteiger partial charge is 0.332 e. The summed E-state index contributed by atoms with van der Waals surface area (Å²) in [5.74, 6) is 1.80. The summed E-state index contributed by atoms with van der Waals surface area (Å²) >= 11 is 1.68. The van der Waals surface area contributed by atoms with Crippen molar-refractivity contribution in [2.45, 2.75) is 32.4 Å². The molecule has 0 saturated carbocycles. The lowest BCUT2D eigenvalue weighted by Gasteiger charge is -2.43. The van der Waals surface area contributed by atoms with Crippen LogP contribution < -0.4 is 5.73 Å². The minimum atomic E-state index is -0.0951. The third-order valence-corrected chi connectivity index (χ3v) is 3.24. The van der Waals surface area contributed by atoms with Crippen molar-refractivity contribution in [3.05, 3.63) is 0 Å².